The maximum atomic E-state index is 3.55. The lowest BCUT2D eigenvalue weighted by atomic mass is 10.0. The van der Waals surface area contributed by atoms with Crippen molar-refractivity contribution in [1.82, 2.24) is 0 Å². The Morgan fingerprint density at radius 3 is 2.67 bits per heavy atom. The second kappa shape index (κ2) is 2.70. The van der Waals surface area contributed by atoms with Gasteiger partial charge in [0.25, 0.3) is 0 Å². The molecule has 0 heterocycles. The SMILES string of the molecule is CC1=CC(Br)CC(C)=C1. The average Bonchev–Trinajstić information content (AvgIpc) is 1.59. The Kier molecular flexibility index (Phi) is 2.12. The standard InChI is InChI=1S/C8H11Br/c1-6-3-7(2)5-8(9)4-6/h3-4,8H,5H2,1-2H3. The van der Waals surface area contributed by atoms with Gasteiger partial charge in [-0.1, -0.05) is 39.2 Å². The first kappa shape index (κ1) is 7.07. The molecule has 0 aromatic heterocycles. The molecule has 9 heavy (non-hydrogen) atoms. The van der Waals surface area contributed by atoms with E-state index in [1.165, 1.54) is 11.1 Å². The van der Waals surface area contributed by atoms with Crippen LogP contribution in [0.25, 0.3) is 0 Å². The van der Waals surface area contributed by atoms with Crippen LogP contribution in [0.4, 0.5) is 0 Å². The van der Waals surface area contributed by atoms with Crippen molar-refractivity contribution in [2.45, 2.75) is 25.1 Å². The lowest BCUT2D eigenvalue weighted by Crippen LogP contribution is -1.99. The first-order chi connectivity index (χ1) is 4.18. The van der Waals surface area contributed by atoms with Gasteiger partial charge in [0.15, 0.2) is 0 Å². The largest absolute Gasteiger partial charge is 0.0842 e. The highest BCUT2D eigenvalue weighted by Crippen LogP contribution is 2.21. The Bertz CT molecular complexity index is 165. The fourth-order valence-electron chi connectivity index (χ4n) is 1.15. The molecule has 0 nitrogen and oxygen atoms in total. The summed E-state index contributed by atoms with van der Waals surface area (Å²) in [4.78, 5) is 0.572. The van der Waals surface area contributed by atoms with Crippen LogP contribution in [0.1, 0.15) is 20.3 Å². The van der Waals surface area contributed by atoms with Crippen LogP contribution in [0.2, 0.25) is 0 Å². The minimum atomic E-state index is 0.572. The van der Waals surface area contributed by atoms with E-state index in [2.05, 4.69) is 41.9 Å². The highest BCUT2D eigenvalue weighted by molar-refractivity contribution is 9.09. The van der Waals surface area contributed by atoms with E-state index in [9.17, 15) is 0 Å². The highest BCUT2D eigenvalue weighted by Gasteiger charge is 2.05. The molecule has 0 radical (unpaired) electrons. The molecule has 1 heteroatoms. The predicted octanol–water partition coefficient (Wildman–Crippen LogP) is 3.05. The molecule has 1 atom stereocenters. The van der Waals surface area contributed by atoms with Crippen molar-refractivity contribution >= 4 is 15.9 Å². The van der Waals surface area contributed by atoms with E-state index < -0.39 is 0 Å². The summed E-state index contributed by atoms with van der Waals surface area (Å²) in [7, 11) is 0. The molecule has 0 saturated carbocycles. The fourth-order valence-corrected chi connectivity index (χ4v) is 2.08. The summed E-state index contributed by atoms with van der Waals surface area (Å²) >= 11 is 3.55. The summed E-state index contributed by atoms with van der Waals surface area (Å²) in [5, 5.41) is 0. The zero-order valence-corrected chi connectivity index (χ0v) is 7.40. The predicted molar refractivity (Wildman–Crippen MR) is 44.8 cm³/mol. The van der Waals surface area contributed by atoms with Gasteiger partial charge in [0, 0.05) is 4.83 Å². The molecule has 0 saturated heterocycles. The van der Waals surface area contributed by atoms with E-state index in [4.69, 9.17) is 0 Å². The number of hydrogen-bond acceptors (Lipinski definition) is 0. The maximum absolute atomic E-state index is 3.55. The fraction of sp³-hybridized carbons (Fsp3) is 0.500. The second-order valence-corrected chi connectivity index (χ2v) is 3.80. The number of hydrogen-bond donors (Lipinski definition) is 0. The van der Waals surface area contributed by atoms with Crippen molar-refractivity contribution in [2.75, 3.05) is 0 Å². The van der Waals surface area contributed by atoms with Gasteiger partial charge in [-0.25, -0.2) is 0 Å². The summed E-state index contributed by atoms with van der Waals surface area (Å²) in [5.74, 6) is 0. The summed E-state index contributed by atoms with van der Waals surface area (Å²) < 4.78 is 0. The van der Waals surface area contributed by atoms with Crippen molar-refractivity contribution in [2.24, 2.45) is 0 Å². The van der Waals surface area contributed by atoms with Crippen molar-refractivity contribution < 1.29 is 0 Å². The molecule has 50 valence electrons. The number of alkyl halides is 1. The van der Waals surface area contributed by atoms with Crippen molar-refractivity contribution in [3.05, 3.63) is 23.3 Å². The van der Waals surface area contributed by atoms with E-state index in [-0.39, 0.29) is 0 Å². The Balaban J connectivity index is 2.74. The summed E-state index contributed by atoms with van der Waals surface area (Å²) in [5.41, 5.74) is 2.84. The van der Waals surface area contributed by atoms with Gasteiger partial charge in [0.1, 0.15) is 0 Å². The van der Waals surface area contributed by atoms with E-state index in [1.807, 2.05) is 0 Å². The first-order valence-electron chi connectivity index (χ1n) is 3.18. The molecule has 1 aliphatic rings. The minimum Gasteiger partial charge on any atom is -0.0842 e. The first-order valence-corrected chi connectivity index (χ1v) is 4.10. The maximum Gasteiger partial charge on any atom is 0.0368 e. The molecule has 0 aliphatic heterocycles. The minimum absolute atomic E-state index is 0.572. The molecule has 1 aliphatic carbocycles. The zero-order chi connectivity index (χ0) is 6.85. The Morgan fingerprint density at radius 1 is 1.56 bits per heavy atom. The molecule has 0 bridgehead atoms. The molecule has 0 fully saturated rings. The molecular formula is C8H11Br. The summed E-state index contributed by atoms with van der Waals surface area (Å²) in [6.07, 6.45) is 5.64. The quantitative estimate of drug-likeness (QED) is 0.511. The molecule has 0 aromatic rings. The van der Waals surface area contributed by atoms with Gasteiger partial charge in [0.2, 0.25) is 0 Å². The van der Waals surface area contributed by atoms with Crippen LogP contribution in [0.5, 0.6) is 0 Å². The van der Waals surface area contributed by atoms with Crippen molar-refractivity contribution in [1.29, 1.82) is 0 Å². The highest BCUT2D eigenvalue weighted by atomic mass is 79.9. The van der Waals surface area contributed by atoms with Crippen LogP contribution in [-0.4, -0.2) is 4.83 Å². The zero-order valence-electron chi connectivity index (χ0n) is 5.82. The number of allylic oxidation sites excluding steroid dienone is 4. The molecule has 1 rings (SSSR count). The third-order valence-corrected chi connectivity index (χ3v) is 2.02. The normalized spacial score (nSPS) is 27.2. The van der Waals surface area contributed by atoms with Gasteiger partial charge in [-0.15, -0.1) is 0 Å². The Morgan fingerprint density at radius 2 is 2.22 bits per heavy atom. The topological polar surface area (TPSA) is 0 Å². The lowest BCUT2D eigenvalue weighted by Gasteiger charge is -2.11. The molecule has 0 N–H and O–H groups in total. The number of rotatable bonds is 0. The van der Waals surface area contributed by atoms with E-state index in [0.29, 0.717) is 4.83 Å². The van der Waals surface area contributed by atoms with Crippen molar-refractivity contribution in [3.8, 4) is 0 Å². The van der Waals surface area contributed by atoms with Gasteiger partial charge in [-0.2, -0.15) is 0 Å². The van der Waals surface area contributed by atoms with Gasteiger partial charge < -0.3 is 0 Å². The monoisotopic (exact) mass is 186 g/mol. The molecular weight excluding hydrogens is 176 g/mol. The summed E-state index contributed by atoms with van der Waals surface area (Å²) in [6.45, 7) is 4.31. The van der Waals surface area contributed by atoms with E-state index >= 15 is 0 Å². The number of halogens is 1. The second-order valence-electron chi connectivity index (χ2n) is 2.62. The van der Waals surface area contributed by atoms with Crippen LogP contribution in [0.3, 0.4) is 0 Å². The molecule has 1 unspecified atom stereocenters. The van der Waals surface area contributed by atoms with Gasteiger partial charge in [0.05, 0.1) is 0 Å². The average molecular weight is 187 g/mol. The molecule has 0 aromatic carbocycles. The van der Waals surface area contributed by atoms with E-state index in [1.54, 1.807) is 0 Å². The van der Waals surface area contributed by atoms with Crippen LogP contribution < -0.4 is 0 Å². The lowest BCUT2D eigenvalue weighted by molar-refractivity contribution is 0.975. The smallest absolute Gasteiger partial charge is 0.0368 e. The Labute approximate surface area is 64.8 Å². The van der Waals surface area contributed by atoms with Crippen molar-refractivity contribution in [3.63, 3.8) is 0 Å². The third-order valence-electron chi connectivity index (χ3n) is 1.43. The Hall–Kier alpha value is -0.0400. The summed E-state index contributed by atoms with van der Waals surface area (Å²) in [6, 6.07) is 0. The van der Waals surface area contributed by atoms with Crippen LogP contribution >= 0.6 is 15.9 Å². The van der Waals surface area contributed by atoms with E-state index in [0.717, 1.165) is 6.42 Å². The molecule has 0 amide bonds. The van der Waals surface area contributed by atoms with Crippen LogP contribution in [0.15, 0.2) is 23.3 Å². The van der Waals surface area contributed by atoms with Gasteiger partial charge >= 0.3 is 0 Å². The van der Waals surface area contributed by atoms with Crippen LogP contribution in [-0.2, 0) is 0 Å². The molecule has 0 spiro atoms. The van der Waals surface area contributed by atoms with Crippen LogP contribution in [0, 0.1) is 0 Å². The third kappa shape index (κ3) is 1.98. The van der Waals surface area contributed by atoms with Gasteiger partial charge in [-0.3, -0.25) is 0 Å². The van der Waals surface area contributed by atoms with Gasteiger partial charge in [-0.05, 0) is 20.3 Å².